The molecule has 0 aliphatic heterocycles. The molecular weight excluding hydrogens is 222 g/mol. The monoisotopic (exact) mass is 249 g/mol. The second kappa shape index (κ2) is 8.15. The van der Waals surface area contributed by atoms with Gasteiger partial charge in [0.05, 0.1) is 7.11 Å². The van der Waals surface area contributed by atoms with Crippen molar-refractivity contribution in [3.8, 4) is 5.75 Å². The van der Waals surface area contributed by atoms with Gasteiger partial charge in [0.15, 0.2) is 0 Å². The van der Waals surface area contributed by atoms with E-state index in [0.29, 0.717) is 11.8 Å². The molecule has 0 spiro atoms. The molecule has 1 N–H and O–H groups in total. The van der Waals surface area contributed by atoms with Crippen molar-refractivity contribution in [1.29, 1.82) is 0 Å². The second-order valence-corrected chi connectivity index (χ2v) is 5.34. The Bertz CT molecular complexity index is 336. The van der Waals surface area contributed by atoms with Crippen LogP contribution in [0.3, 0.4) is 0 Å². The molecule has 0 aliphatic rings. The third kappa shape index (κ3) is 5.09. The fraction of sp³-hybridized carbons (Fsp3) is 0.625. The highest BCUT2D eigenvalue weighted by Gasteiger charge is 2.10. The van der Waals surface area contributed by atoms with Crippen LogP contribution in [-0.2, 0) is 6.42 Å². The molecule has 0 amide bonds. The van der Waals surface area contributed by atoms with Crippen LogP contribution in [0.1, 0.15) is 32.8 Å². The molecule has 0 saturated carbocycles. The molecule has 102 valence electrons. The van der Waals surface area contributed by atoms with E-state index in [0.717, 1.165) is 25.3 Å². The molecule has 1 aromatic rings. The molecular formula is C16H27NO. The highest BCUT2D eigenvalue weighted by atomic mass is 16.5. The Morgan fingerprint density at radius 2 is 1.89 bits per heavy atom. The van der Waals surface area contributed by atoms with E-state index in [1.807, 2.05) is 12.1 Å². The van der Waals surface area contributed by atoms with Crippen LogP contribution in [0.2, 0.25) is 0 Å². The number of ether oxygens (including phenoxy) is 1. The summed E-state index contributed by atoms with van der Waals surface area (Å²) in [7, 11) is 1.75. The molecule has 0 fully saturated rings. The highest BCUT2D eigenvalue weighted by molar-refractivity contribution is 5.33. The standard InChI is InChI=1S/C16H27NO/c1-5-14(12-17-11-13(2)3)10-15-8-6-7-9-16(15)18-4/h6-9,13-14,17H,5,10-12H2,1-4H3. The molecule has 0 radical (unpaired) electrons. The Kier molecular flexibility index (Phi) is 6.81. The molecule has 18 heavy (non-hydrogen) atoms. The number of methoxy groups -OCH3 is 1. The van der Waals surface area contributed by atoms with Gasteiger partial charge >= 0.3 is 0 Å². The van der Waals surface area contributed by atoms with Crippen molar-refractivity contribution >= 4 is 0 Å². The Morgan fingerprint density at radius 1 is 1.17 bits per heavy atom. The zero-order chi connectivity index (χ0) is 13.4. The number of rotatable bonds is 8. The van der Waals surface area contributed by atoms with Crippen molar-refractivity contribution in [2.75, 3.05) is 20.2 Å². The first-order valence-electron chi connectivity index (χ1n) is 7.00. The molecule has 1 atom stereocenters. The molecule has 1 unspecified atom stereocenters. The first-order chi connectivity index (χ1) is 8.67. The lowest BCUT2D eigenvalue weighted by Crippen LogP contribution is -2.27. The maximum Gasteiger partial charge on any atom is 0.122 e. The molecule has 0 aliphatic carbocycles. The van der Waals surface area contributed by atoms with Crippen molar-refractivity contribution in [2.45, 2.75) is 33.6 Å². The molecule has 2 nitrogen and oxygen atoms in total. The Balaban J connectivity index is 2.51. The van der Waals surface area contributed by atoms with E-state index < -0.39 is 0 Å². The van der Waals surface area contributed by atoms with Gasteiger partial charge in [-0.1, -0.05) is 45.4 Å². The predicted molar refractivity (Wildman–Crippen MR) is 78.2 cm³/mol. The Morgan fingerprint density at radius 3 is 2.50 bits per heavy atom. The number of nitrogens with one attached hydrogen (secondary N) is 1. The minimum Gasteiger partial charge on any atom is -0.496 e. The summed E-state index contributed by atoms with van der Waals surface area (Å²) in [6.45, 7) is 8.94. The summed E-state index contributed by atoms with van der Waals surface area (Å²) >= 11 is 0. The van der Waals surface area contributed by atoms with Crippen LogP contribution >= 0.6 is 0 Å². The van der Waals surface area contributed by atoms with Crippen molar-refractivity contribution in [2.24, 2.45) is 11.8 Å². The fourth-order valence-corrected chi connectivity index (χ4v) is 2.12. The van der Waals surface area contributed by atoms with Crippen LogP contribution in [0.15, 0.2) is 24.3 Å². The van der Waals surface area contributed by atoms with Crippen LogP contribution in [0.4, 0.5) is 0 Å². The summed E-state index contributed by atoms with van der Waals surface area (Å²) < 4.78 is 5.41. The van der Waals surface area contributed by atoms with Gasteiger partial charge in [-0.3, -0.25) is 0 Å². The molecule has 2 heteroatoms. The molecule has 1 rings (SSSR count). The van der Waals surface area contributed by atoms with Crippen LogP contribution in [0, 0.1) is 11.8 Å². The van der Waals surface area contributed by atoms with Gasteiger partial charge in [0.25, 0.3) is 0 Å². The van der Waals surface area contributed by atoms with E-state index in [1.54, 1.807) is 7.11 Å². The molecule has 1 aromatic carbocycles. The largest absolute Gasteiger partial charge is 0.496 e. The average molecular weight is 249 g/mol. The average Bonchev–Trinajstić information content (AvgIpc) is 2.37. The third-order valence-electron chi connectivity index (χ3n) is 3.26. The van der Waals surface area contributed by atoms with Gasteiger partial charge in [0.1, 0.15) is 5.75 Å². The summed E-state index contributed by atoms with van der Waals surface area (Å²) in [5.41, 5.74) is 1.32. The van der Waals surface area contributed by atoms with Crippen LogP contribution in [0.5, 0.6) is 5.75 Å². The molecule has 0 heterocycles. The topological polar surface area (TPSA) is 21.3 Å². The quantitative estimate of drug-likeness (QED) is 0.761. The van der Waals surface area contributed by atoms with E-state index in [2.05, 4.69) is 38.2 Å². The first kappa shape index (κ1) is 15.0. The lowest BCUT2D eigenvalue weighted by molar-refractivity contribution is 0.396. The first-order valence-corrected chi connectivity index (χ1v) is 7.00. The van der Waals surface area contributed by atoms with Crippen LogP contribution in [0.25, 0.3) is 0 Å². The lowest BCUT2D eigenvalue weighted by Gasteiger charge is -2.18. The van der Waals surface area contributed by atoms with Crippen LogP contribution < -0.4 is 10.1 Å². The summed E-state index contributed by atoms with van der Waals surface area (Å²) in [4.78, 5) is 0. The minimum atomic E-state index is 0.681. The SMILES string of the molecule is CCC(CNCC(C)C)Cc1ccccc1OC. The zero-order valence-corrected chi connectivity index (χ0v) is 12.2. The van der Waals surface area contributed by atoms with Gasteiger partial charge in [-0.05, 0) is 43.0 Å². The van der Waals surface area contributed by atoms with Gasteiger partial charge in [-0.15, -0.1) is 0 Å². The Labute approximate surface area is 112 Å². The predicted octanol–water partition coefficient (Wildman–Crippen LogP) is 3.51. The number of para-hydroxylation sites is 1. The number of benzene rings is 1. The van der Waals surface area contributed by atoms with Crippen molar-refractivity contribution in [3.63, 3.8) is 0 Å². The summed E-state index contributed by atoms with van der Waals surface area (Å²) in [5, 5.41) is 3.55. The second-order valence-electron chi connectivity index (χ2n) is 5.34. The maximum atomic E-state index is 5.41. The van der Waals surface area contributed by atoms with Gasteiger partial charge in [0, 0.05) is 0 Å². The van der Waals surface area contributed by atoms with E-state index >= 15 is 0 Å². The number of hydrogen-bond donors (Lipinski definition) is 1. The van der Waals surface area contributed by atoms with Crippen LogP contribution in [-0.4, -0.2) is 20.2 Å². The van der Waals surface area contributed by atoms with E-state index in [9.17, 15) is 0 Å². The molecule has 0 aromatic heterocycles. The van der Waals surface area contributed by atoms with E-state index in [4.69, 9.17) is 4.74 Å². The zero-order valence-electron chi connectivity index (χ0n) is 12.2. The lowest BCUT2D eigenvalue weighted by atomic mass is 9.96. The third-order valence-corrected chi connectivity index (χ3v) is 3.26. The van der Waals surface area contributed by atoms with Gasteiger partial charge < -0.3 is 10.1 Å². The highest BCUT2D eigenvalue weighted by Crippen LogP contribution is 2.21. The van der Waals surface area contributed by atoms with Crippen molar-refractivity contribution in [1.82, 2.24) is 5.32 Å². The maximum absolute atomic E-state index is 5.41. The van der Waals surface area contributed by atoms with Gasteiger partial charge in [0.2, 0.25) is 0 Å². The van der Waals surface area contributed by atoms with Gasteiger partial charge in [-0.25, -0.2) is 0 Å². The minimum absolute atomic E-state index is 0.681. The summed E-state index contributed by atoms with van der Waals surface area (Å²) in [6, 6.07) is 8.33. The molecule has 0 bridgehead atoms. The summed E-state index contributed by atoms with van der Waals surface area (Å²) in [5.74, 6) is 2.41. The Hall–Kier alpha value is -1.02. The van der Waals surface area contributed by atoms with Crippen molar-refractivity contribution in [3.05, 3.63) is 29.8 Å². The normalized spacial score (nSPS) is 12.7. The summed E-state index contributed by atoms with van der Waals surface area (Å²) in [6.07, 6.45) is 2.29. The fourth-order valence-electron chi connectivity index (χ4n) is 2.12. The smallest absolute Gasteiger partial charge is 0.122 e. The van der Waals surface area contributed by atoms with E-state index in [1.165, 1.54) is 12.0 Å². The van der Waals surface area contributed by atoms with Crippen molar-refractivity contribution < 1.29 is 4.74 Å². The van der Waals surface area contributed by atoms with Gasteiger partial charge in [-0.2, -0.15) is 0 Å². The van der Waals surface area contributed by atoms with E-state index in [-0.39, 0.29) is 0 Å². The number of hydrogen-bond acceptors (Lipinski definition) is 2. The molecule has 0 saturated heterocycles.